The van der Waals surface area contributed by atoms with Crippen molar-refractivity contribution in [3.8, 4) is 0 Å². The van der Waals surface area contributed by atoms with Crippen molar-refractivity contribution in [2.24, 2.45) is 0 Å². The number of anilines is 2. The Morgan fingerprint density at radius 1 is 1.00 bits per heavy atom. The van der Waals surface area contributed by atoms with E-state index in [1.165, 1.54) is 16.7 Å². The molecule has 0 radical (unpaired) electrons. The molecule has 0 saturated heterocycles. The first-order chi connectivity index (χ1) is 13.5. The van der Waals surface area contributed by atoms with E-state index in [-0.39, 0.29) is 5.91 Å². The predicted octanol–water partition coefficient (Wildman–Crippen LogP) is 4.22. The number of fused-ring (bicyclic) bond motifs is 1. The minimum atomic E-state index is -0.238. The summed E-state index contributed by atoms with van der Waals surface area (Å²) in [6.45, 7) is 7.77. The molecule has 1 aliphatic heterocycles. The number of benzene rings is 2. The number of nitrogens with one attached hydrogen (secondary N) is 1. The largest absolute Gasteiger partial charge is 0.351 e. The van der Waals surface area contributed by atoms with Crippen molar-refractivity contribution in [1.29, 1.82) is 0 Å². The van der Waals surface area contributed by atoms with Crippen molar-refractivity contribution in [2.75, 3.05) is 16.8 Å². The molecule has 0 atom stereocenters. The number of aryl methyl sites for hydroxylation is 3. The Morgan fingerprint density at radius 2 is 1.71 bits per heavy atom. The van der Waals surface area contributed by atoms with E-state index in [1.54, 1.807) is 12.4 Å². The van der Waals surface area contributed by atoms with Crippen molar-refractivity contribution in [2.45, 2.75) is 33.7 Å². The van der Waals surface area contributed by atoms with Gasteiger partial charge in [-0.1, -0.05) is 42.0 Å². The van der Waals surface area contributed by atoms with E-state index in [9.17, 15) is 4.79 Å². The van der Waals surface area contributed by atoms with Gasteiger partial charge in [0.05, 0.1) is 12.4 Å². The van der Waals surface area contributed by atoms with E-state index in [2.05, 4.69) is 63.5 Å². The number of hydrogen-bond acceptors (Lipinski definition) is 4. The molecule has 0 saturated carbocycles. The van der Waals surface area contributed by atoms with Crippen LogP contribution in [0.1, 0.15) is 38.3 Å². The van der Waals surface area contributed by atoms with Gasteiger partial charge >= 0.3 is 0 Å². The van der Waals surface area contributed by atoms with Crippen LogP contribution in [0.3, 0.4) is 0 Å². The summed E-state index contributed by atoms with van der Waals surface area (Å²) in [5.41, 5.74) is 7.15. The van der Waals surface area contributed by atoms with E-state index in [4.69, 9.17) is 0 Å². The summed E-state index contributed by atoms with van der Waals surface area (Å²) >= 11 is 0. The fraction of sp³-hybridized carbons (Fsp3) is 0.261. The number of rotatable bonds is 3. The molecule has 28 heavy (non-hydrogen) atoms. The highest BCUT2D eigenvalue weighted by atomic mass is 16.1. The Morgan fingerprint density at radius 3 is 2.39 bits per heavy atom. The average Bonchev–Trinajstić information content (AvgIpc) is 2.70. The van der Waals surface area contributed by atoms with Gasteiger partial charge in [-0.05, 0) is 49.4 Å². The summed E-state index contributed by atoms with van der Waals surface area (Å²) in [4.78, 5) is 23.7. The van der Waals surface area contributed by atoms with Gasteiger partial charge in [-0.3, -0.25) is 4.79 Å². The summed E-state index contributed by atoms with van der Waals surface area (Å²) in [5.74, 6) is 0.562. The molecule has 0 spiro atoms. The van der Waals surface area contributed by atoms with Crippen molar-refractivity contribution in [3.05, 3.63) is 82.3 Å². The first-order valence-electron chi connectivity index (χ1n) is 9.54. The highest BCUT2D eigenvalue weighted by molar-refractivity contribution is 6.03. The summed E-state index contributed by atoms with van der Waals surface area (Å²) in [5, 5.41) is 2.98. The zero-order valence-electron chi connectivity index (χ0n) is 16.5. The number of aromatic nitrogens is 2. The van der Waals surface area contributed by atoms with Crippen molar-refractivity contribution in [3.63, 3.8) is 0 Å². The third kappa shape index (κ3) is 3.60. The Kier molecular flexibility index (Phi) is 4.82. The first-order valence-corrected chi connectivity index (χ1v) is 9.54. The average molecular weight is 372 g/mol. The molecular weight excluding hydrogens is 348 g/mol. The van der Waals surface area contributed by atoms with Crippen LogP contribution in [0.25, 0.3) is 0 Å². The lowest BCUT2D eigenvalue weighted by Crippen LogP contribution is -2.31. The molecule has 3 aromatic rings. The Hall–Kier alpha value is -3.21. The Bertz CT molecular complexity index is 1000. The molecule has 0 unspecified atom stereocenters. The maximum absolute atomic E-state index is 12.6. The Balaban J connectivity index is 1.49. The van der Waals surface area contributed by atoms with Gasteiger partial charge in [-0.2, -0.15) is 0 Å². The maximum atomic E-state index is 12.6. The van der Waals surface area contributed by atoms with Crippen LogP contribution in [0.4, 0.5) is 11.5 Å². The van der Waals surface area contributed by atoms with E-state index < -0.39 is 0 Å². The van der Waals surface area contributed by atoms with Gasteiger partial charge < -0.3 is 10.2 Å². The summed E-state index contributed by atoms with van der Waals surface area (Å²) in [7, 11) is 0. The van der Waals surface area contributed by atoms with Gasteiger partial charge in [0.25, 0.3) is 5.91 Å². The van der Waals surface area contributed by atoms with Crippen molar-refractivity contribution < 1.29 is 4.79 Å². The molecular formula is C23H24N4O. The van der Waals surface area contributed by atoms with Crippen LogP contribution in [0, 0.1) is 20.8 Å². The lowest BCUT2D eigenvalue weighted by Gasteiger charge is -2.29. The molecule has 0 bridgehead atoms. The quantitative estimate of drug-likeness (QED) is 0.748. The van der Waals surface area contributed by atoms with Gasteiger partial charge in [0.15, 0.2) is 0 Å². The standard InChI is InChI=1S/C23H24N4O/c1-15-10-16(2)22(17(3)11-15)26-23(28)20-12-25-21(13-24-20)27-9-8-18-6-4-5-7-19(18)14-27/h4-7,10-13H,8-9,14H2,1-3H3,(H,26,28). The first kappa shape index (κ1) is 18.2. The van der Waals surface area contributed by atoms with Crippen molar-refractivity contribution in [1.82, 2.24) is 9.97 Å². The fourth-order valence-electron chi connectivity index (χ4n) is 3.85. The molecule has 0 fully saturated rings. The van der Waals surface area contributed by atoms with Gasteiger partial charge in [0, 0.05) is 18.8 Å². The van der Waals surface area contributed by atoms with Crippen LogP contribution in [0.5, 0.6) is 0 Å². The molecule has 142 valence electrons. The summed E-state index contributed by atoms with van der Waals surface area (Å²) < 4.78 is 0. The smallest absolute Gasteiger partial charge is 0.275 e. The molecule has 0 aliphatic carbocycles. The molecule has 2 heterocycles. The van der Waals surface area contributed by atoms with Crippen LogP contribution in [0.2, 0.25) is 0 Å². The van der Waals surface area contributed by atoms with E-state index in [0.717, 1.165) is 42.1 Å². The van der Waals surface area contributed by atoms with Crippen molar-refractivity contribution >= 4 is 17.4 Å². The lowest BCUT2D eigenvalue weighted by molar-refractivity contribution is 0.102. The number of carbonyl (C=O) groups is 1. The topological polar surface area (TPSA) is 58.1 Å². The molecule has 1 N–H and O–H groups in total. The van der Waals surface area contributed by atoms with Gasteiger partial charge in [0.2, 0.25) is 0 Å². The van der Waals surface area contributed by atoms with E-state index >= 15 is 0 Å². The fourth-order valence-corrected chi connectivity index (χ4v) is 3.85. The van der Waals surface area contributed by atoms with Crippen LogP contribution in [0.15, 0.2) is 48.8 Å². The number of carbonyl (C=O) groups excluding carboxylic acids is 1. The minimum Gasteiger partial charge on any atom is -0.351 e. The van der Waals surface area contributed by atoms with E-state index in [0.29, 0.717) is 5.69 Å². The second-order valence-corrected chi connectivity index (χ2v) is 7.43. The zero-order chi connectivity index (χ0) is 19.7. The van der Waals surface area contributed by atoms with E-state index in [1.807, 2.05) is 13.8 Å². The van der Waals surface area contributed by atoms with Crippen LogP contribution in [-0.4, -0.2) is 22.4 Å². The van der Waals surface area contributed by atoms with Crippen LogP contribution >= 0.6 is 0 Å². The zero-order valence-corrected chi connectivity index (χ0v) is 16.5. The Labute approximate surface area is 165 Å². The maximum Gasteiger partial charge on any atom is 0.275 e. The SMILES string of the molecule is Cc1cc(C)c(NC(=O)c2cnc(N3CCc4ccccc4C3)cn2)c(C)c1. The van der Waals surface area contributed by atoms with Crippen LogP contribution < -0.4 is 10.2 Å². The number of amides is 1. The second-order valence-electron chi connectivity index (χ2n) is 7.43. The second kappa shape index (κ2) is 7.43. The molecule has 2 aromatic carbocycles. The molecule has 1 aromatic heterocycles. The summed E-state index contributed by atoms with van der Waals surface area (Å²) in [6, 6.07) is 12.6. The van der Waals surface area contributed by atoms with Gasteiger partial charge in [0.1, 0.15) is 11.5 Å². The number of nitrogens with zero attached hydrogens (tertiary/aromatic N) is 3. The highest BCUT2D eigenvalue weighted by Crippen LogP contribution is 2.24. The highest BCUT2D eigenvalue weighted by Gasteiger charge is 2.18. The lowest BCUT2D eigenvalue weighted by atomic mass is 10.0. The molecule has 5 heteroatoms. The molecule has 4 rings (SSSR count). The van der Waals surface area contributed by atoms with Crippen LogP contribution in [-0.2, 0) is 13.0 Å². The third-order valence-electron chi connectivity index (χ3n) is 5.24. The molecule has 1 aliphatic rings. The monoisotopic (exact) mass is 372 g/mol. The third-order valence-corrected chi connectivity index (χ3v) is 5.24. The molecule has 1 amide bonds. The predicted molar refractivity (Wildman–Crippen MR) is 112 cm³/mol. The normalized spacial score (nSPS) is 13.2. The number of hydrogen-bond donors (Lipinski definition) is 1. The minimum absolute atomic E-state index is 0.238. The van der Waals surface area contributed by atoms with Gasteiger partial charge in [-0.25, -0.2) is 9.97 Å². The molecule has 5 nitrogen and oxygen atoms in total. The van der Waals surface area contributed by atoms with Gasteiger partial charge in [-0.15, -0.1) is 0 Å². The summed E-state index contributed by atoms with van der Waals surface area (Å²) in [6.07, 6.45) is 4.24.